The Morgan fingerprint density at radius 3 is 2.31 bits per heavy atom. The first-order valence-electron chi connectivity index (χ1n) is 10.0. The fraction of sp³-hybridized carbons (Fsp3) is 0.542. The number of aromatic nitrogens is 1. The van der Waals surface area contributed by atoms with Gasteiger partial charge in [0.2, 0.25) is 0 Å². The van der Waals surface area contributed by atoms with Crippen molar-refractivity contribution in [2.24, 2.45) is 5.92 Å². The van der Waals surface area contributed by atoms with Crippen LogP contribution in [0.15, 0.2) is 28.9 Å². The maximum absolute atomic E-state index is 5.34. The second-order valence-electron chi connectivity index (χ2n) is 8.91. The van der Waals surface area contributed by atoms with E-state index in [2.05, 4.69) is 71.8 Å². The van der Waals surface area contributed by atoms with Crippen LogP contribution in [0.4, 0.5) is 0 Å². The first-order chi connectivity index (χ1) is 12.2. The van der Waals surface area contributed by atoms with Gasteiger partial charge in [0.1, 0.15) is 0 Å². The van der Waals surface area contributed by atoms with E-state index in [9.17, 15) is 0 Å². The molecule has 0 saturated carbocycles. The predicted molar refractivity (Wildman–Crippen MR) is 110 cm³/mol. The van der Waals surface area contributed by atoms with Crippen molar-refractivity contribution in [1.29, 1.82) is 0 Å². The molecule has 0 fully saturated rings. The van der Waals surface area contributed by atoms with Crippen LogP contribution in [0.5, 0.6) is 0 Å². The van der Waals surface area contributed by atoms with Crippen molar-refractivity contribution in [3.05, 3.63) is 52.4 Å². The number of fused-ring (bicyclic) bond motifs is 1. The molecule has 0 aliphatic heterocycles. The van der Waals surface area contributed by atoms with Crippen LogP contribution >= 0.6 is 0 Å². The summed E-state index contributed by atoms with van der Waals surface area (Å²) in [4.78, 5) is 0. The van der Waals surface area contributed by atoms with Gasteiger partial charge in [-0.25, -0.2) is 0 Å². The summed E-state index contributed by atoms with van der Waals surface area (Å²) in [6, 6.07) is 6.91. The molecule has 0 spiro atoms. The lowest BCUT2D eigenvalue weighted by atomic mass is 9.71. The zero-order chi connectivity index (χ0) is 19.1. The Kier molecular flexibility index (Phi) is 4.90. The second-order valence-corrected chi connectivity index (χ2v) is 8.91. The molecule has 0 saturated heterocycles. The van der Waals surface area contributed by atoms with Crippen molar-refractivity contribution in [1.82, 2.24) is 5.16 Å². The molecule has 1 unspecified atom stereocenters. The average molecular weight is 352 g/mol. The summed E-state index contributed by atoms with van der Waals surface area (Å²) in [7, 11) is 0. The fourth-order valence-electron chi connectivity index (χ4n) is 4.70. The van der Waals surface area contributed by atoms with Gasteiger partial charge in [0, 0.05) is 6.07 Å². The van der Waals surface area contributed by atoms with Gasteiger partial charge in [0.05, 0.1) is 6.20 Å². The quantitative estimate of drug-likeness (QED) is 0.593. The molecule has 140 valence electrons. The van der Waals surface area contributed by atoms with Crippen LogP contribution in [-0.2, 0) is 17.3 Å². The lowest BCUT2D eigenvalue weighted by Gasteiger charge is -2.32. The van der Waals surface area contributed by atoms with E-state index < -0.39 is 0 Å². The minimum absolute atomic E-state index is 0.184. The Labute approximate surface area is 158 Å². The molecule has 1 heterocycles. The largest absolute Gasteiger partial charge is 0.357 e. The van der Waals surface area contributed by atoms with Gasteiger partial charge in [0.15, 0.2) is 5.76 Å². The highest BCUT2D eigenvalue weighted by Gasteiger charge is 2.48. The van der Waals surface area contributed by atoms with Gasteiger partial charge in [0.25, 0.3) is 0 Å². The van der Waals surface area contributed by atoms with Gasteiger partial charge >= 0.3 is 0 Å². The molecular formula is C24H33NO. The highest BCUT2D eigenvalue weighted by Crippen LogP contribution is 2.54. The Balaban J connectivity index is 2.22. The van der Waals surface area contributed by atoms with Crippen LogP contribution in [0.2, 0.25) is 0 Å². The molecule has 0 amide bonds. The van der Waals surface area contributed by atoms with Gasteiger partial charge in [-0.05, 0) is 63.5 Å². The molecule has 1 atom stereocenters. The van der Waals surface area contributed by atoms with Crippen LogP contribution < -0.4 is 0 Å². The van der Waals surface area contributed by atoms with Crippen molar-refractivity contribution in [2.75, 3.05) is 0 Å². The summed E-state index contributed by atoms with van der Waals surface area (Å²) in [6.45, 7) is 16.5. The van der Waals surface area contributed by atoms with Crippen LogP contribution in [-0.4, -0.2) is 5.16 Å². The van der Waals surface area contributed by atoms with Crippen LogP contribution in [0.25, 0.3) is 11.6 Å². The summed E-state index contributed by atoms with van der Waals surface area (Å²) in [5.74, 6) is 1.44. The van der Waals surface area contributed by atoms with E-state index in [0.29, 0.717) is 5.92 Å². The van der Waals surface area contributed by atoms with Gasteiger partial charge in [-0.15, -0.1) is 0 Å². The molecule has 2 nitrogen and oxygen atoms in total. The highest BCUT2D eigenvalue weighted by atomic mass is 16.5. The minimum Gasteiger partial charge on any atom is -0.357 e. The van der Waals surface area contributed by atoms with E-state index in [4.69, 9.17) is 4.52 Å². The van der Waals surface area contributed by atoms with E-state index in [0.717, 1.165) is 25.0 Å². The summed E-state index contributed by atoms with van der Waals surface area (Å²) in [5.41, 5.74) is 7.64. The SMILES string of the molecule is CCCc1cc2c(cc1/C(=C/c1ccno1)CC)C(C)(C)C(C)C2(C)C. The number of benzene rings is 1. The molecule has 1 aromatic carbocycles. The standard InChI is InChI=1S/C24H33NO/c1-8-10-18-14-21-22(24(6,7)16(3)23(21,4)5)15-20(18)17(9-2)13-19-11-12-25-26-19/h11-16H,8-10H2,1-7H3/b17-13+. The smallest absolute Gasteiger partial charge is 0.159 e. The zero-order valence-corrected chi connectivity index (χ0v) is 17.4. The Bertz CT molecular complexity index is 809. The number of allylic oxidation sites excluding steroid dienone is 1. The third-order valence-corrected chi connectivity index (χ3v) is 6.82. The highest BCUT2D eigenvalue weighted by molar-refractivity contribution is 5.82. The van der Waals surface area contributed by atoms with Crippen molar-refractivity contribution in [3.63, 3.8) is 0 Å². The maximum Gasteiger partial charge on any atom is 0.159 e. The molecule has 1 aliphatic carbocycles. The van der Waals surface area contributed by atoms with E-state index in [-0.39, 0.29) is 10.8 Å². The first-order valence-corrected chi connectivity index (χ1v) is 10.0. The number of aryl methyl sites for hydroxylation is 1. The van der Waals surface area contributed by atoms with E-state index in [1.807, 2.05) is 6.07 Å². The summed E-state index contributed by atoms with van der Waals surface area (Å²) >= 11 is 0. The summed E-state index contributed by atoms with van der Waals surface area (Å²) < 4.78 is 5.34. The third-order valence-electron chi connectivity index (χ3n) is 6.82. The molecule has 0 N–H and O–H groups in total. The van der Waals surface area contributed by atoms with Crippen LogP contribution in [0.3, 0.4) is 0 Å². The average Bonchev–Trinajstić information content (AvgIpc) is 3.15. The Hall–Kier alpha value is -1.83. The lowest BCUT2D eigenvalue weighted by molar-refractivity contribution is 0.264. The van der Waals surface area contributed by atoms with Crippen molar-refractivity contribution >= 4 is 11.6 Å². The number of hydrogen-bond acceptors (Lipinski definition) is 2. The second kappa shape index (κ2) is 6.72. The van der Waals surface area contributed by atoms with Crippen LogP contribution in [0, 0.1) is 5.92 Å². The maximum atomic E-state index is 5.34. The normalized spacial score (nSPS) is 21.0. The third kappa shape index (κ3) is 2.94. The Morgan fingerprint density at radius 2 is 1.77 bits per heavy atom. The van der Waals surface area contributed by atoms with Crippen molar-refractivity contribution < 1.29 is 4.52 Å². The molecule has 0 radical (unpaired) electrons. The topological polar surface area (TPSA) is 26.0 Å². The van der Waals surface area contributed by atoms with Crippen molar-refractivity contribution in [2.45, 2.75) is 78.6 Å². The zero-order valence-electron chi connectivity index (χ0n) is 17.4. The predicted octanol–water partition coefficient (Wildman–Crippen LogP) is 6.78. The molecule has 2 heteroatoms. The molecule has 1 aromatic heterocycles. The molecule has 2 aromatic rings. The molecular weight excluding hydrogens is 318 g/mol. The Morgan fingerprint density at radius 1 is 1.12 bits per heavy atom. The van der Waals surface area contributed by atoms with E-state index in [1.165, 1.54) is 27.8 Å². The van der Waals surface area contributed by atoms with Gasteiger partial charge in [-0.3, -0.25) is 0 Å². The molecule has 26 heavy (non-hydrogen) atoms. The molecule has 1 aliphatic rings. The van der Waals surface area contributed by atoms with E-state index in [1.54, 1.807) is 6.20 Å². The van der Waals surface area contributed by atoms with Crippen LogP contribution in [0.1, 0.15) is 89.3 Å². The number of nitrogens with zero attached hydrogens (tertiary/aromatic N) is 1. The van der Waals surface area contributed by atoms with Crippen molar-refractivity contribution in [3.8, 4) is 0 Å². The molecule has 3 rings (SSSR count). The van der Waals surface area contributed by atoms with Gasteiger partial charge in [-0.2, -0.15) is 0 Å². The lowest BCUT2D eigenvalue weighted by Crippen LogP contribution is -2.30. The summed E-state index contributed by atoms with van der Waals surface area (Å²) in [5, 5.41) is 3.85. The van der Waals surface area contributed by atoms with Gasteiger partial charge < -0.3 is 4.52 Å². The number of hydrogen-bond donors (Lipinski definition) is 0. The van der Waals surface area contributed by atoms with Gasteiger partial charge in [-0.1, -0.05) is 72.2 Å². The van der Waals surface area contributed by atoms with E-state index >= 15 is 0 Å². The number of rotatable bonds is 5. The monoisotopic (exact) mass is 351 g/mol. The minimum atomic E-state index is 0.184. The fourth-order valence-corrected chi connectivity index (χ4v) is 4.70. The summed E-state index contributed by atoms with van der Waals surface area (Å²) in [6.07, 6.45) is 7.12. The molecule has 0 bridgehead atoms. The first kappa shape index (κ1) is 18.9.